The molecular weight excluding hydrogens is 148 g/mol. The third-order valence-electron chi connectivity index (χ3n) is 1.74. The quantitative estimate of drug-likeness (QED) is 0.400. The van der Waals surface area contributed by atoms with Crippen LogP contribution in [0.25, 0.3) is 0 Å². The van der Waals surface area contributed by atoms with Gasteiger partial charge in [-0.1, -0.05) is 18.9 Å². The van der Waals surface area contributed by atoms with E-state index in [1.165, 1.54) is 31.3 Å². The summed E-state index contributed by atoms with van der Waals surface area (Å²) in [6, 6.07) is 0. The minimum Gasteiger partial charge on any atom is -0.381 e. The van der Waals surface area contributed by atoms with E-state index in [-0.39, 0.29) is 0 Å². The van der Waals surface area contributed by atoms with E-state index >= 15 is 0 Å². The second kappa shape index (κ2) is 8.79. The molecule has 0 aromatic rings. The second-order valence-corrected chi connectivity index (χ2v) is 3.38. The minimum absolute atomic E-state index is 0.917. The molecule has 0 atom stereocenters. The summed E-state index contributed by atoms with van der Waals surface area (Å²) in [6.45, 7) is 9.95. The molecule has 0 aliphatic heterocycles. The van der Waals surface area contributed by atoms with Crippen molar-refractivity contribution in [1.82, 2.24) is 0 Å². The molecule has 0 amide bonds. The van der Waals surface area contributed by atoms with Crippen LogP contribution in [0.3, 0.4) is 0 Å². The lowest BCUT2D eigenvalue weighted by molar-refractivity contribution is 0.130. The highest BCUT2D eigenvalue weighted by atomic mass is 16.5. The molecule has 0 bridgehead atoms. The predicted molar refractivity (Wildman–Crippen MR) is 54.4 cm³/mol. The number of allylic oxidation sites excluding steroid dienone is 1. The van der Waals surface area contributed by atoms with Crippen molar-refractivity contribution in [3.63, 3.8) is 0 Å². The van der Waals surface area contributed by atoms with Gasteiger partial charge in [-0.25, -0.2) is 0 Å². The minimum atomic E-state index is 0.917. The molecule has 0 rings (SSSR count). The van der Waals surface area contributed by atoms with Gasteiger partial charge >= 0.3 is 0 Å². The summed E-state index contributed by atoms with van der Waals surface area (Å²) >= 11 is 0. The lowest BCUT2D eigenvalue weighted by Crippen LogP contribution is -1.95. The molecule has 0 aliphatic rings. The first-order chi connectivity index (χ1) is 5.77. The van der Waals surface area contributed by atoms with Gasteiger partial charge in [0.15, 0.2) is 0 Å². The van der Waals surface area contributed by atoms with Crippen molar-refractivity contribution in [3.05, 3.63) is 12.2 Å². The SMILES string of the molecule is C=C(C)CCCCCOCCC. The second-order valence-electron chi connectivity index (χ2n) is 3.38. The Morgan fingerprint density at radius 1 is 1.17 bits per heavy atom. The summed E-state index contributed by atoms with van der Waals surface area (Å²) in [6.07, 6.45) is 6.05. The zero-order valence-corrected chi connectivity index (χ0v) is 8.57. The Bertz CT molecular complexity index is 108. The molecule has 0 saturated carbocycles. The van der Waals surface area contributed by atoms with Crippen molar-refractivity contribution >= 4 is 0 Å². The third kappa shape index (κ3) is 9.70. The van der Waals surface area contributed by atoms with Crippen molar-refractivity contribution in [1.29, 1.82) is 0 Å². The monoisotopic (exact) mass is 170 g/mol. The van der Waals surface area contributed by atoms with Crippen molar-refractivity contribution in [2.45, 2.75) is 46.0 Å². The summed E-state index contributed by atoms with van der Waals surface area (Å²) < 4.78 is 5.37. The van der Waals surface area contributed by atoms with Gasteiger partial charge in [-0.05, 0) is 32.6 Å². The summed E-state index contributed by atoms with van der Waals surface area (Å²) in [5, 5.41) is 0. The Labute approximate surface area is 76.8 Å². The maximum Gasteiger partial charge on any atom is 0.0466 e. The van der Waals surface area contributed by atoms with E-state index in [1.807, 2.05) is 0 Å². The van der Waals surface area contributed by atoms with Gasteiger partial charge in [0.05, 0.1) is 0 Å². The summed E-state index contributed by atoms with van der Waals surface area (Å²) in [5.41, 5.74) is 1.30. The molecule has 0 fully saturated rings. The van der Waals surface area contributed by atoms with Crippen LogP contribution in [0.1, 0.15) is 46.0 Å². The van der Waals surface area contributed by atoms with Crippen LogP contribution in [0.15, 0.2) is 12.2 Å². The first-order valence-corrected chi connectivity index (χ1v) is 4.99. The predicted octanol–water partition coefficient (Wildman–Crippen LogP) is 3.55. The number of hydrogen-bond acceptors (Lipinski definition) is 1. The number of ether oxygens (including phenoxy) is 1. The van der Waals surface area contributed by atoms with E-state index in [4.69, 9.17) is 4.74 Å². The lowest BCUT2D eigenvalue weighted by Gasteiger charge is -2.02. The molecule has 0 heterocycles. The average Bonchev–Trinajstić information content (AvgIpc) is 2.02. The van der Waals surface area contributed by atoms with E-state index in [0.29, 0.717) is 0 Å². The molecule has 0 saturated heterocycles. The molecule has 1 nitrogen and oxygen atoms in total. The Morgan fingerprint density at radius 3 is 2.50 bits per heavy atom. The molecule has 0 spiro atoms. The molecule has 0 aliphatic carbocycles. The molecule has 0 aromatic heterocycles. The average molecular weight is 170 g/mol. The van der Waals surface area contributed by atoms with E-state index in [9.17, 15) is 0 Å². The van der Waals surface area contributed by atoms with E-state index in [1.54, 1.807) is 0 Å². The van der Waals surface area contributed by atoms with Crippen molar-refractivity contribution in [2.24, 2.45) is 0 Å². The summed E-state index contributed by atoms with van der Waals surface area (Å²) in [7, 11) is 0. The Hall–Kier alpha value is -0.300. The van der Waals surface area contributed by atoms with Gasteiger partial charge in [0, 0.05) is 13.2 Å². The summed E-state index contributed by atoms with van der Waals surface area (Å²) in [5.74, 6) is 0. The molecule has 1 heteroatoms. The molecule has 0 radical (unpaired) electrons. The van der Waals surface area contributed by atoms with Crippen LogP contribution in [0.4, 0.5) is 0 Å². The largest absolute Gasteiger partial charge is 0.381 e. The highest BCUT2D eigenvalue weighted by molar-refractivity contribution is 4.86. The van der Waals surface area contributed by atoms with Crippen LogP contribution in [-0.2, 0) is 4.74 Å². The molecule has 12 heavy (non-hydrogen) atoms. The van der Waals surface area contributed by atoms with Crippen LogP contribution >= 0.6 is 0 Å². The maximum absolute atomic E-state index is 5.37. The van der Waals surface area contributed by atoms with E-state index < -0.39 is 0 Å². The third-order valence-corrected chi connectivity index (χ3v) is 1.74. The van der Waals surface area contributed by atoms with Gasteiger partial charge in [-0.3, -0.25) is 0 Å². The molecule has 0 N–H and O–H groups in total. The lowest BCUT2D eigenvalue weighted by atomic mass is 10.1. The highest BCUT2D eigenvalue weighted by Gasteiger charge is 1.90. The number of rotatable bonds is 8. The van der Waals surface area contributed by atoms with Crippen molar-refractivity contribution in [3.8, 4) is 0 Å². The van der Waals surface area contributed by atoms with Crippen LogP contribution in [0.5, 0.6) is 0 Å². The Kier molecular flexibility index (Phi) is 8.57. The fourth-order valence-electron chi connectivity index (χ4n) is 1.05. The number of hydrogen-bond donors (Lipinski definition) is 0. The normalized spacial score (nSPS) is 10.2. The van der Waals surface area contributed by atoms with E-state index in [0.717, 1.165) is 19.6 Å². The van der Waals surface area contributed by atoms with Gasteiger partial charge in [0.25, 0.3) is 0 Å². The molecule has 0 aromatic carbocycles. The zero-order chi connectivity index (χ0) is 9.23. The zero-order valence-electron chi connectivity index (χ0n) is 8.57. The van der Waals surface area contributed by atoms with Gasteiger partial charge in [0.2, 0.25) is 0 Å². The van der Waals surface area contributed by atoms with Gasteiger partial charge < -0.3 is 4.74 Å². The highest BCUT2D eigenvalue weighted by Crippen LogP contribution is 2.05. The smallest absolute Gasteiger partial charge is 0.0466 e. The fourth-order valence-corrected chi connectivity index (χ4v) is 1.05. The van der Waals surface area contributed by atoms with Crippen LogP contribution < -0.4 is 0 Å². The first kappa shape index (κ1) is 11.7. The Morgan fingerprint density at radius 2 is 1.92 bits per heavy atom. The van der Waals surface area contributed by atoms with Crippen molar-refractivity contribution in [2.75, 3.05) is 13.2 Å². The molecule has 0 unspecified atom stereocenters. The van der Waals surface area contributed by atoms with Crippen molar-refractivity contribution < 1.29 is 4.74 Å². The topological polar surface area (TPSA) is 9.23 Å². The van der Waals surface area contributed by atoms with Crippen LogP contribution in [0.2, 0.25) is 0 Å². The van der Waals surface area contributed by atoms with Gasteiger partial charge in [0.1, 0.15) is 0 Å². The fraction of sp³-hybridized carbons (Fsp3) is 0.818. The molecular formula is C11H22O. The maximum atomic E-state index is 5.37. The molecule has 72 valence electrons. The van der Waals surface area contributed by atoms with Gasteiger partial charge in [-0.2, -0.15) is 0 Å². The van der Waals surface area contributed by atoms with Gasteiger partial charge in [-0.15, -0.1) is 6.58 Å². The summed E-state index contributed by atoms with van der Waals surface area (Å²) in [4.78, 5) is 0. The number of unbranched alkanes of at least 4 members (excludes halogenated alkanes) is 2. The first-order valence-electron chi connectivity index (χ1n) is 4.99. The van der Waals surface area contributed by atoms with Crippen LogP contribution in [-0.4, -0.2) is 13.2 Å². The Balaban J connectivity index is 2.86. The standard InChI is InChI=1S/C11H22O/c1-4-9-12-10-7-5-6-8-11(2)3/h2,4-10H2,1,3H3. The van der Waals surface area contributed by atoms with Crippen LogP contribution in [0, 0.1) is 0 Å². The van der Waals surface area contributed by atoms with E-state index in [2.05, 4.69) is 20.4 Å².